The standard InChI is InChI=1S/C12H26N2O3/c1-5-13-10(2)8-11(15)14-9-12(3,16)6-7-17-4/h10,13,16H,5-9H2,1-4H3,(H,14,15). The Balaban J connectivity index is 3.82. The Morgan fingerprint density at radius 3 is 2.71 bits per heavy atom. The molecule has 2 atom stereocenters. The van der Waals surface area contributed by atoms with Crippen molar-refractivity contribution >= 4 is 5.91 Å². The van der Waals surface area contributed by atoms with Gasteiger partial charge in [0.05, 0.1) is 5.60 Å². The zero-order valence-corrected chi connectivity index (χ0v) is 11.4. The van der Waals surface area contributed by atoms with Gasteiger partial charge in [0.15, 0.2) is 0 Å². The van der Waals surface area contributed by atoms with Gasteiger partial charge in [0, 0.05) is 39.1 Å². The summed E-state index contributed by atoms with van der Waals surface area (Å²) < 4.78 is 4.90. The molecule has 0 heterocycles. The maximum absolute atomic E-state index is 11.6. The minimum atomic E-state index is -0.910. The molecule has 5 nitrogen and oxygen atoms in total. The van der Waals surface area contributed by atoms with E-state index in [0.717, 1.165) is 6.54 Å². The van der Waals surface area contributed by atoms with E-state index in [1.807, 2.05) is 13.8 Å². The molecule has 2 unspecified atom stereocenters. The second-order valence-corrected chi connectivity index (χ2v) is 4.68. The lowest BCUT2D eigenvalue weighted by Crippen LogP contribution is -2.43. The number of rotatable bonds is 9. The van der Waals surface area contributed by atoms with Gasteiger partial charge in [-0.1, -0.05) is 6.92 Å². The van der Waals surface area contributed by atoms with E-state index in [0.29, 0.717) is 19.4 Å². The van der Waals surface area contributed by atoms with Crippen molar-refractivity contribution in [2.24, 2.45) is 0 Å². The van der Waals surface area contributed by atoms with Crippen LogP contribution in [0.3, 0.4) is 0 Å². The molecule has 5 heteroatoms. The zero-order valence-electron chi connectivity index (χ0n) is 11.4. The van der Waals surface area contributed by atoms with Gasteiger partial charge < -0.3 is 20.5 Å². The highest BCUT2D eigenvalue weighted by atomic mass is 16.5. The Bertz CT molecular complexity index is 220. The van der Waals surface area contributed by atoms with Crippen LogP contribution in [0.5, 0.6) is 0 Å². The third-order valence-corrected chi connectivity index (χ3v) is 2.56. The fraction of sp³-hybridized carbons (Fsp3) is 0.917. The van der Waals surface area contributed by atoms with E-state index in [-0.39, 0.29) is 18.5 Å². The molecule has 0 aromatic carbocycles. The first kappa shape index (κ1) is 16.4. The summed E-state index contributed by atoms with van der Waals surface area (Å²) >= 11 is 0. The molecule has 0 rings (SSSR count). The molecule has 1 amide bonds. The molecule has 0 aromatic heterocycles. The molecule has 0 bridgehead atoms. The number of hydrogen-bond acceptors (Lipinski definition) is 4. The molecule has 0 aliphatic carbocycles. The fourth-order valence-corrected chi connectivity index (χ4v) is 1.47. The predicted molar refractivity (Wildman–Crippen MR) is 67.9 cm³/mol. The average Bonchev–Trinajstić information content (AvgIpc) is 2.24. The van der Waals surface area contributed by atoms with E-state index >= 15 is 0 Å². The van der Waals surface area contributed by atoms with Crippen LogP contribution in [-0.2, 0) is 9.53 Å². The fourth-order valence-electron chi connectivity index (χ4n) is 1.47. The number of methoxy groups -OCH3 is 1. The number of ether oxygens (including phenoxy) is 1. The van der Waals surface area contributed by atoms with Gasteiger partial charge in [-0.25, -0.2) is 0 Å². The van der Waals surface area contributed by atoms with Gasteiger partial charge in [-0.2, -0.15) is 0 Å². The highest BCUT2D eigenvalue weighted by molar-refractivity contribution is 5.76. The Hall–Kier alpha value is -0.650. The van der Waals surface area contributed by atoms with E-state index in [2.05, 4.69) is 10.6 Å². The zero-order chi connectivity index (χ0) is 13.3. The van der Waals surface area contributed by atoms with E-state index in [4.69, 9.17) is 4.74 Å². The van der Waals surface area contributed by atoms with Gasteiger partial charge >= 0.3 is 0 Å². The van der Waals surface area contributed by atoms with Crippen molar-refractivity contribution in [3.05, 3.63) is 0 Å². The number of carbonyl (C=O) groups excluding carboxylic acids is 1. The molecule has 0 saturated heterocycles. The van der Waals surface area contributed by atoms with Crippen molar-refractivity contribution in [3.63, 3.8) is 0 Å². The molecule has 0 spiro atoms. The van der Waals surface area contributed by atoms with E-state index in [9.17, 15) is 9.90 Å². The van der Waals surface area contributed by atoms with Crippen LogP contribution in [0.15, 0.2) is 0 Å². The summed E-state index contributed by atoms with van der Waals surface area (Å²) in [6, 6.07) is 0.156. The van der Waals surface area contributed by atoms with Gasteiger partial charge in [-0.3, -0.25) is 4.79 Å². The Morgan fingerprint density at radius 2 is 2.18 bits per heavy atom. The molecular formula is C12H26N2O3. The second kappa shape index (κ2) is 8.44. The maximum atomic E-state index is 11.6. The number of aliphatic hydroxyl groups is 1. The van der Waals surface area contributed by atoms with Gasteiger partial charge in [0.1, 0.15) is 0 Å². The third kappa shape index (κ3) is 9.09. The van der Waals surface area contributed by atoms with Crippen molar-refractivity contribution in [1.82, 2.24) is 10.6 Å². The molecule has 0 saturated carbocycles. The topological polar surface area (TPSA) is 70.6 Å². The summed E-state index contributed by atoms with van der Waals surface area (Å²) in [5, 5.41) is 15.8. The Labute approximate surface area is 104 Å². The number of amides is 1. The number of hydrogen-bond donors (Lipinski definition) is 3. The Morgan fingerprint density at radius 1 is 1.53 bits per heavy atom. The van der Waals surface area contributed by atoms with Crippen LogP contribution in [0.1, 0.15) is 33.6 Å². The van der Waals surface area contributed by atoms with Crippen LogP contribution in [0.25, 0.3) is 0 Å². The average molecular weight is 246 g/mol. The van der Waals surface area contributed by atoms with Gasteiger partial charge in [0.25, 0.3) is 0 Å². The van der Waals surface area contributed by atoms with Crippen LogP contribution in [0.2, 0.25) is 0 Å². The molecule has 0 fully saturated rings. The van der Waals surface area contributed by atoms with E-state index < -0.39 is 5.60 Å². The predicted octanol–water partition coefficient (Wildman–Crippen LogP) is 0.278. The van der Waals surface area contributed by atoms with Crippen molar-refractivity contribution in [2.75, 3.05) is 26.8 Å². The molecular weight excluding hydrogens is 220 g/mol. The monoisotopic (exact) mass is 246 g/mol. The van der Waals surface area contributed by atoms with Crippen molar-refractivity contribution in [3.8, 4) is 0 Å². The van der Waals surface area contributed by atoms with Crippen LogP contribution in [0, 0.1) is 0 Å². The quantitative estimate of drug-likeness (QED) is 0.546. The van der Waals surface area contributed by atoms with Crippen molar-refractivity contribution < 1.29 is 14.6 Å². The van der Waals surface area contributed by atoms with Gasteiger partial charge in [0.2, 0.25) is 5.91 Å². The summed E-state index contributed by atoms with van der Waals surface area (Å²) in [5.74, 6) is -0.0452. The third-order valence-electron chi connectivity index (χ3n) is 2.56. The lowest BCUT2D eigenvalue weighted by atomic mass is 10.0. The van der Waals surface area contributed by atoms with Crippen LogP contribution < -0.4 is 10.6 Å². The van der Waals surface area contributed by atoms with Crippen LogP contribution in [-0.4, -0.2) is 49.5 Å². The smallest absolute Gasteiger partial charge is 0.221 e. The highest BCUT2D eigenvalue weighted by Crippen LogP contribution is 2.07. The Kier molecular flexibility index (Phi) is 8.12. The molecule has 0 aliphatic rings. The van der Waals surface area contributed by atoms with Crippen LogP contribution in [0.4, 0.5) is 0 Å². The lowest BCUT2D eigenvalue weighted by Gasteiger charge is -2.23. The highest BCUT2D eigenvalue weighted by Gasteiger charge is 2.21. The normalized spacial score (nSPS) is 16.3. The minimum Gasteiger partial charge on any atom is -0.388 e. The summed E-state index contributed by atoms with van der Waals surface area (Å²) in [5.41, 5.74) is -0.910. The first-order valence-corrected chi connectivity index (χ1v) is 6.12. The molecule has 0 aliphatic heterocycles. The molecule has 17 heavy (non-hydrogen) atoms. The summed E-state index contributed by atoms with van der Waals surface area (Å²) in [7, 11) is 1.59. The first-order chi connectivity index (χ1) is 7.91. The van der Waals surface area contributed by atoms with Crippen molar-refractivity contribution in [1.29, 1.82) is 0 Å². The number of nitrogens with one attached hydrogen (secondary N) is 2. The van der Waals surface area contributed by atoms with Gasteiger partial charge in [-0.05, 0) is 20.4 Å². The largest absolute Gasteiger partial charge is 0.388 e. The number of carbonyl (C=O) groups is 1. The van der Waals surface area contributed by atoms with E-state index in [1.54, 1.807) is 14.0 Å². The lowest BCUT2D eigenvalue weighted by molar-refractivity contribution is -0.122. The molecule has 0 aromatic rings. The summed E-state index contributed by atoms with van der Waals surface area (Å²) in [6.07, 6.45) is 0.931. The first-order valence-electron chi connectivity index (χ1n) is 6.12. The summed E-state index contributed by atoms with van der Waals surface area (Å²) in [6.45, 7) is 7.25. The van der Waals surface area contributed by atoms with Crippen LogP contribution >= 0.6 is 0 Å². The minimum absolute atomic E-state index is 0.0452. The molecule has 3 N–H and O–H groups in total. The van der Waals surface area contributed by atoms with Crippen molar-refractivity contribution in [2.45, 2.75) is 45.3 Å². The summed E-state index contributed by atoms with van der Waals surface area (Å²) in [4.78, 5) is 11.6. The van der Waals surface area contributed by atoms with Gasteiger partial charge in [-0.15, -0.1) is 0 Å². The second-order valence-electron chi connectivity index (χ2n) is 4.68. The van der Waals surface area contributed by atoms with E-state index in [1.165, 1.54) is 0 Å². The molecule has 0 radical (unpaired) electrons. The molecule has 102 valence electrons. The SMILES string of the molecule is CCNC(C)CC(=O)NCC(C)(O)CCOC. The maximum Gasteiger partial charge on any atom is 0.221 e.